The Bertz CT molecular complexity index is 1240. The summed E-state index contributed by atoms with van der Waals surface area (Å²) in [6.07, 6.45) is -0.137. The first kappa shape index (κ1) is 23.6. The van der Waals surface area contributed by atoms with Gasteiger partial charge in [0.15, 0.2) is 0 Å². The standard InChI is InChI=1S/C26H21ClFN2O3P/c27-34(21-10-4-1-5-11-21,22-12-6-2-7-13-22,23-14-8-3-9-15-23)19-26(31)29-25-17-16-20(30(32)33)18-24(25)28/h1-18H,19H2,(H,29,31). The van der Waals surface area contributed by atoms with Crippen molar-refractivity contribution in [2.24, 2.45) is 0 Å². The van der Waals surface area contributed by atoms with Crippen molar-refractivity contribution in [1.29, 1.82) is 0 Å². The number of nitro groups is 1. The van der Waals surface area contributed by atoms with Crippen LogP contribution in [-0.4, -0.2) is 17.0 Å². The molecule has 0 bridgehead atoms. The molecule has 8 heteroatoms. The molecule has 5 nitrogen and oxygen atoms in total. The molecule has 0 saturated heterocycles. The Morgan fingerprint density at radius 1 is 0.824 bits per heavy atom. The van der Waals surface area contributed by atoms with Crippen LogP contribution in [0.2, 0.25) is 0 Å². The molecule has 0 heterocycles. The first-order valence-corrected chi connectivity index (χ1v) is 13.8. The van der Waals surface area contributed by atoms with E-state index in [0.29, 0.717) is 0 Å². The number of amides is 1. The van der Waals surface area contributed by atoms with E-state index in [1.807, 2.05) is 91.0 Å². The number of carbonyl (C=O) groups excluding carboxylic acids is 1. The molecule has 172 valence electrons. The number of benzene rings is 4. The van der Waals surface area contributed by atoms with E-state index in [4.69, 9.17) is 11.2 Å². The van der Waals surface area contributed by atoms with Gasteiger partial charge in [-0.3, -0.25) is 0 Å². The van der Waals surface area contributed by atoms with Gasteiger partial charge < -0.3 is 0 Å². The van der Waals surface area contributed by atoms with Crippen LogP contribution in [0.3, 0.4) is 0 Å². The van der Waals surface area contributed by atoms with Crippen LogP contribution >= 0.6 is 17.2 Å². The van der Waals surface area contributed by atoms with Crippen molar-refractivity contribution in [3.05, 3.63) is 125 Å². The fraction of sp³-hybridized carbons (Fsp3) is 0.0385. The minimum atomic E-state index is -3.88. The molecule has 1 N–H and O–H groups in total. The molecule has 0 spiro atoms. The zero-order valence-corrected chi connectivity index (χ0v) is 19.6. The Morgan fingerprint density at radius 3 is 1.65 bits per heavy atom. The van der Waals surface area contributed by atoms with Crippen molar-refractivity contribution < 1.29 is 14.1 Å². The fourth-order valence-electron chi connectivity index (χ4n) is 4.12. The van der Waals surface area contributed by atoms with Crippen LogP contribution in [0.25, 0.3) is 0 Å². The molecule has 34 heavy (non-hydrogen) atoms. The molecule has 0 aliphatic heterocycles. The predicted molar refractivity (Wildman–Crippen MR) is 138 cm³/mol. The quantitative estimate of drug-likeness (QED) is 0.214. The summed E-state index contributed by atoms with van der Waals surface area (Å²) in [5.74, 6) is -5.27. The number of carbonyl (C=O) groups is 1. The number of nitro benzene ring substituents is 1. The van der Waals surface area contributed by atoms with E-state index in [1.165, 1.54) is 6.07 Å². The summed E-state index contributed by atoms with van der Waals surface area (Å²) in [6, 6.07) is 31.4. The Labute approximate surface area is 201 Å². The molecule has 0 unspecified atom stereocenters. The van der Waals surface area contributed by atoms with Gasteiger partial charge in [-0.15, -0.1) is 0 Å². The zero-order chi connectivity index (χ0) is 24.2. The summed E-state index contributed by atoms with van der Waals surface area (Å²) in [5.41, 5.74) is -0.545. The van der Waals surface area contributed by atoms with Gasteiger partial charge in [0.1, 0.15) is 0 Å². The number of nitrogens with zero attached hydrogens (tertiary/aromatic N) is 1. The molecule has 0 saturated carbocycles. The van der Waals surface area contributed by atoms with Gasteiger partial charge in [-0.05, 0) is 0 Å². The van der Waals surface area contributed by atoms with Crippen molar-refractivity contribution in [3.8, 4) is 0 Å². The van der Waals surface area contributed by atoms with Crippen LogP contribution in [-0.2, 0) is 4.79 Å². The minimum absolute atomic E-state index is 0.137. The molecule has 4 aromatic rings. The first-order chi connectivity index (χ1) is 16.3. The molecule has 0 radical (unpaired) electrons. The molecule has 4 rings (SSSR count). The molecular formula is C26H21ClFN2O3P. The van der Waals surface area contributed by atoms with E-state index in [1.54, 1.807) is 0 Å². The summed E-state index contributed by atoms with van der Waals surface area (Å²) in [4.78, 5) is 23.7. The second-order valence-corrected chi connectivity index (χ2v) is 14.3. The van der Waals surface area contributed by atoms with Gasteiger partial charge in [0.05, 0.1) is 0 Å². The SMILES string of the molecule is O=C(CP(Cl)(c1ccccc1)(c1ccccc1)c1ccccc1)Nc1ccc([N+](=O)[O-])cc1F. The van der Waals surface area contributed by atoms with Crippen LogP contribution in [0.5, 0.6) is 0 Å². The summed E-state index contributed by atoms with van der Waals surface area (Å²) < 4.78 is 14.5. The van der Waals surface area contributed by atoms with Crippen LogP contribution in [0.1, 0.15) is 0 Å². The van der Waals surface area contributed by atoms with Gasteiger partial charge in [-0.2, -0.15) is 0 Å². The Kier molecular flexibility index (Phi) is 6.47. The first-order valence-electron chi connectivity index (χ1n) is 10.5. The van der Waals surface area contributed by atoms with Crippen molar-refractivity contribution in [3.63, 3.8) is 0 Å². The molecular weight excluding hydrogens is 474 g/mol. The van der Waals surface area contributed by atoms with Gasteiger partial charge in [0, 0.05) is 0 Å². The number of halogens is 2. The molecule has 0 aromatic heterocycles. The Balaban J connectivity index is 1.86. The van der Waals surface area contributed by atoms with Crippen LogP contribution in [0, 0.1) is 15.9 Å². The molecule has 0 aliphatic carbocycles. The number of hydrogen-bond donors (Lipinski definition) is 1. The van der Waals surface area contributed by atoms with Gasteiger partial charge in [0.2, 0.25) is 0 Å². The molecule has 0 fully saturated rings. The summed E-state index contributed by atoms with van der Waals surface area (Å²) in [7, 11) is 0. The van der Waals surface area contributed by atoms with Crippen LogP contribution in [0.4, 0.5) is 15.8 Å². The van der Waals surface area contributed by atoms with Crippen molar-refractivity contribution in [2.45, 2.75) is 0 Å². The van der Waals surface area contributed by atoms with Crippen molar-refractivity contribution >= 4 is 50.4 Å². The third-order valence-corrected chi connectivity index (χ3v) is 12.9. The number of non-ortho nitro benzene ring substituents is 1. The molecule has 0 atom stereocenters. The summed E-state index contributed by atoms with van der Waals surface area (Å²) >= 11 is 7.83. The summed E-state index contributed by atoms with van der Waals surface area (Å²) in [6.45, 7) is 0. The average molecular weight is 495 g/mol. The van der Waals surface area contributed by atoms with E-state index >= 15 is 0 Å². The number of anilines is 1. The van der Waals surface area contributed by atoms with Gasteiger partial charge >= 0.3 is 201 Å². The maximum absolute atomic E-state index is 14.5. The van der Waals surface area contributed by atoms with Gasteiger partial charge in [-0.1, -0.05) is 0 Å². The van der Waals surface area contributed by atoms with E-state index in [0.717, 1.165) is 28.0 Å². The van der Waals surface area contributed by atoms with E-state index in [-0.39, 0.29) is 11.8 Å². The topological polar surface area (TPSA) is 72.2 Å². The van der Waals surface area contributed by atoms with E-state index < -0.39 is 28.3 Å². The van der Waals surface area contributed by atoms with Crippen LogP contribution < -0.4 is 21.2 Å². The van der Waals surface area contributed by atoms with E-state index in [2.05, 4.69) is 5.32 Å². The third-order valence-electron chi connectivity index (χ3n) is 5.76. The average Bonchev–Trinajstić information content (AvgIpc) is 2.87. The van der Waals surface area contributed by atoms with Gasteiger partial charge in [0.25, 0.3) is 0 Å². The molecule has 0 aliphatic rings. The molecule has 4 aromatic carbocycles. The van der Waals surface area contributed by atoms with Crippen LogP contribution in [0.15, 0.2) is 109 Å². The number of hydrogen-bond acceptors (Lipinski definition) is 3. The van der Waals surface area contributed by atoms with E-state index in [9.17, 15) is 19.3 Å². The van der Waals surface area contributed by atoms with Crippen molar-refractivity contribution in [2.75, 3.05) is 11.5 Å². The fourth-order valence-corrected chi connectivity index (χ4v) is 9.90. The molecule has 1 amide bonds. The number of nitrogens with one attached hydrogen (secondary N) is 1. The van der Waals surface area contributed by atoms with Crippen molar-refractivity contribution in [1.82, 2.24) is 0 Å². The van der Waals surface area contributed by atoms with Gasteiger partial charge in [-0.25, -0.2) is 0 Å². The summed E-state index contributed by atoms with van der Waals surface area (Å²) in [5, 5.41) is 15.9. The Hall–Kier alpha value is -3.60. The second-order valence-electron chi connectivity index (χ2n) is 7.82. The monoisotopic (exact) mass is 494 g/mol. The zero-order valence-electron chi connectivity index (χ0n) is 18.0. The third kappa shape index (κ3) is 4.18. The number of rotatable bonds is 7. The second kappa shape index (κ2) is 9.34. The normalized spacial score (nSPS) is 12.4. The maximum atomic E-state index is 14.5. The Morgan fingerprint density at radius 2 is 1.26 bits per heavy atom. The predicted octanol–water partition coefficient (Wildman–Crippen LogP) is 5.36.